The van der Waals surface area contributed by atoms with Crippen LogP contribution in [0.25, 0.3) is 21.5 Å². The standard InChI is InChI=1S/C51H58N2O19S4.5Na/c1-50(2)43(52(21-6-8-23-72-73(58)59)39-17-15-35-37(47(39)50)25-33(75(63,64)65)27-41(35)70-29-45(54)55)19-13-31-11-10-12-32(49(31)69-5)14-20-44-51(3,4)48-38-26-34(76(66,67)68)28-42(71-30-46(56)57)36(38)16-18-40(48)53(44)22-7-9-24-74(60,61)62;;;;;/h13-20,25-28H,6-12,21-24,29-30H2,1-5H3,(H5-,54,55,56,57,58,59,60,61,62,63,64,65,66,67,68);;;;;/q;5*+1/p-5. The minimum Gasteiger partial charge on any atom is -0.750 e. The number of carboxylic acids is 2. The molecule has 0 amide bonds. The van der Waals surface area contributed by atoms with Gasteiger partial charge in [0.2, 0.25) is 5.69 Å². The van der Waals surface area contributed by atoms with Crippen molar-refractivity contribution in [2.75, 3.05) is 50.7 Å². The van der Waals surface area contributed by atoms with Crippen molar-refractivity contribution >= 4 is 92.3 Å². The number of unbranched alkanes of at least 4 members (excludes halogenated alkanes) is 2. The Labute approximate surface area is 584 Å². The Bertz CT molecular complexity index is 3590. The molecule has 0 spiro atoms. The number of aliphatic carboxylic acids is 2. The zero-order chi connectivity index (χ0) is 55.7. The van der Waals surface area contributed by atoms with Crippen molar-refractivity contribution in [1.29, 1.82) is 0 Å². The summed E-state index contributed by atoms with van der Waals surface area (Å²) in [5, 5.41) is 24.1. The summed E-state index contributed by atoms with van der Waals surface area (Å²) in [4.78, 5) is 23.4. The number of benzene rings is 4. The van der Waals surface area contributed by atoms with Gasteiger partial charge in [-0.05, 0) is 134 Å². The van der Waals surface area contributed by atoms with Crippen LogP contribution in [-0.2, 0) is 71.1 Å². The quantitative estimate of drug-likeness (QED) is 0.0219. The molecule has 21 nitrogen and oxygen atoms in total. The van der Waals surface area contributed by atoms with Crippen LogP contribution in [0.5, 0.6) is 11.5 Å². The third-order valence-electron chi connectivity index (χ3n) is 13.6. The number of carbonyl (C=O) groups is 2. The summed E-state index contributed by atoms with van der Waals surface area (Å²) in [5.74, 6) is -3.56. The second-order valence-corrected chi connectivity index (χ2v) is 24.2. The van der Waals surface area contributed by atoms with E-state index in [0.717, 1.165) is 29.0 Å². The number of rotatable bonds is 23. The summed E-state index contributed by atoms with van der Waals surface area (Å²) in [6, 6.07) is 11.1. The number of hydrogen-bond acceptors (Lipinski definition) is 20. The number of fused-ring (bicyclic) bond motifs is 6. The molecule has 7 rings (SSSR count). The van der Waals surface area contributed by atoms with Gasteiger partial charge in [0, 0.05) is 64.0 Å². The minimum atomic E-state index is -5.09. The van der Waals surface area contributed by atoms with Crippen LogP contribution in [0, 0.1) is 0 Å². The molecule has 1 unspecified atom stereocenters. The average Bonchev–Trinajstić information content (AvgIpc) is 3.68. The first kappa shape index (κ1) is 76.1. The molecular weight excluding hydrogens is 1190 g/mol. The van der Waals surface area contributed by atoms with E-state index in [1.54, 1.807) is 24.3 Å². The first-order chi connectivity index (χ1) is 35.5. The number of carbonyl (C=O) groups excluding carboxylic acids is 2. The van der Waals surface area contributed by atoms with Gasteiger partial charge in [-0.3, -0.25) is 0 Å². The Morgan fingerprint density at radius 1 is 0.704 bits per heavy atom. The molecule has 0 fully saturated rings. The largest absolute Gasteiger partial charge is 1.00 e. The summed E-state index contributed by atoms with van der Waals surface area (Å²) in [7, 11) is -13.2. The summed E-state index contributed by atoms with van der Waals surface area (Å²) in [5.41, 5.74) is 3.39. The molecule has 410 valence electrons. The number of anilines is 1. The fourth-order valence-corrected chi connectivity index (χ4v) is 12.3. The number of allylic oxidation sites excluding steroid dienone is 7. The monoisotopic (exact) mass is 1240 g/mol. The molecule has 0 bridgehead atoms. The van der Waals surface area contributed by atoms with E-state index in [1.807, 2.05) is 61.5 Å². The Morgan fingerprint density at radius 2 is 1.26 bits per heavy atom. The van der Waals surface area contributed by atoms with Gasteiger partial charge in [-0.25, -0.2) is 29.5 Å². The maximum Gasteiger partial charge on any atom is 1.00 e. The summed E-state index contributed by atoms with van der Waals surface area (Å²) >= 11 is -2.72. The van der Waals surface area contributed by atoms with E-state index >= 15 is 0 Å². The van der Waals surface area contributed by atoms with Gasteiger partial charge in [0.15, 0.2) is 5.71 Å². The van der Waals surface area contributed by atoms with Gasteiger partial charge >= 0.3 is 148 Å². The van der Waals surface area contributed by atoms with Crippen LogP contribution in [0.3, 0.4) is 0 Å². The van der Waals surface area contributed by atoms with E-state index in [1.165, 1.54) is 19.2 Å². The Morgan fingerprint density at radius 3 is 1.78 bits per heavy atom. The van der Waals surface area contributed by atoms with E-state index in [0.29, 0.717) is 88.8 Å². The number of carboxylic acid groups (broad SMARTS) is 2. The SMILES string of the molecule is COC1=C(/C=C/C2=[N+](CCCCOS(=O)[O-])c3ccc4c(OCC(=O)[O-])cc(S(=O)(=O)[O-])cc4c3C2(C)C)CCC/C1=C\C=C1\N(CCCCS(=O)(=O)[O-])c2ccc3c(OCC(=O)[O-])cc(S(=O)(=O)[O-])cc3c2C1(C)C.[Na+].[Na+].[Na+].[Na+].[Na+]. The molecule has 0 N–H and O–H groups in total. The van der Waals surface area contributed by atoms with Gasteiger partial charge in [-0.15, -0.1) is 0 Å². The first-order valence-corrected chi connectivity index (χ1v) is 29.2. The van der Waals surface area contributed by atoms with Crippen molar-refractivity contribution < 1.29 is 238 Å². The summed E-state index contributed by atoms with van der Waals surface area (Å²) in [6.07, 6.45) is 10.4. The van der Waals surface area contributed by atoms with Crippen LogP contribution in [0.4, 0.5) is 11.4 Å². The smallest absolute Gasteiger partial charge is 0.750 e. The molecule has 1 aliphatic carbocycles. The third-order valence-corrected chi connectivity index (χ3v) is 16.4. The number of methoxy groups -OCH3 is 1. The molecule has 0 radical (unpaired) electrons. The normalized spacial score (nSPS) is 16.9. The summed E-state index contributed by atoms with van der Waals surface area (Å²) in [6.45, 7) is 6.13. The molecule has 81 heavy (non-hydrogen) atoms. The molecule has 1 atom stereocenters. The van der Waals surface area contributed by atoms with E-state index in [-0.39, 0.29) is 191 Å². The van der Waals surface area contributed by atoms with Crippen molar-refractivity contribution in [3.63, 3.8) is 0 Å². The van der Waals surface area contributed by atoms with E-state index in [2.05, 4.69) is 0 Å². The Balaban J connectivity index is 0.00000448. The summed E-state index contributed by atoms with van der Waals surface area (Å²) < 4.78 is 156. The second kappa shape index (κ2) is 31.2. The average molecular weight is 1240 g/mol. The number of ether oxygens (including phenoxy) is 3. The molecule has 30 heteroatoms. The molecule has 0 saturated heterocycles. The van der Waals surface area contributed by atoms with Gasteiger partial charge < -0.3 is 61.3 Å². The number of nitrogens with zero attached hydrogens (tertiary/aromatic N) is 2. The predicted molar refractivity (Wildman–Crippen MR) is 269 cm³/mol. The van der Waals surface area contributed by atoms with Gasteiger partial charge in [0.25, 0.3) is 0 Å². The maximum atomic E-state index is 12.5. The maximum absolute atomic E-state index is 12.5. The van der Waals surface area contributed by atoms with Crippen LogP contribution in [0.2, 0.25) is 0 Å². The Hall–Kier alpha value is -1.03. The van der Waals surface area contributed by atoms with Crippen molar-refractivity contribution in [2.24, 2.45) is 0 Å². The molecule has 4 aromatic rings. The van der Waals surface area contributed by atoms with E-state index in [4.69, 9.17) is 18.4 Å². The van der Waals surface area contributed by atoms with Crippen molar-refractivity contribution in [2.45, 2.75) is 93.3 Å². The van der Waals surface area contributed by atoms with E-state index in [9.17, 15) is 67.5 Å². The molecular formula is C51H53N2Na5O19S4. The minimum absolute atomic E-state index is 0. The molecule has 3 aliphatic rings. The van der Waals surface area contributed by atoms with Crippen molar-refractivity contribution in [3.8, 4) is 11.5 Å². The van der Waals surface area contributed by atoms with Crippen LogP contribution in [0.15, 0.2) is 105 Å². The van der Waals surface area contributed by atoms with Crippen molar-refractivity contribution in [1.82, 2.24) is 0 Å². The third kappa shape index (κ3) is 18.1. The molecule has 0 saturated carbocycles. The molecule has 2 aliphatic heterocycles. The van der Waals surface area contributed by atoms with E-state index < -0.39 is 93.2 Å². The fraction of sp³-hybridized carbons (Fsp3) is 0.392. The topological polar surface area (TPSA) is 335 Å². The Kier molecular flexibility index (Phi) is 29.3. The predicted octanol–water partition coefficient (Wildman–Crippen LogP) is -11.4. The van der Waals surface area contributed by atoms with Gasteiger partial charge in [-0.2, -0.15) is 4.58 Å². The zero-order valence-electron chi connectivity index (χ0n) is 46.9. The first-order valence-electron chi connectivity index (χ1n) is 23.8. The number of hydrogen-bond donors (Lipinski definition) is 0. The van der Waals surface area contributed by atoms with Crippen LogP contribution in [0.1, 0.15) is 83.8 Å². The van der Waals surface area contributed by atoms with Gasteiger partial charge in [-0.1, -0.05) is 19.9 Å². The van der Waals surface area contributed by atoms with Crippen LogP contribution < -0.4 is 172 Å². The molecule has 2 heterocycles. The van der Waals surface area contributed by atoms with Crippen molar-refractivity contribution in [3.05, 3.63) is 107 Å². The van der Waals surface area contributed by atoms with Gasteiger partial charge in [0.1, 0.15) is 57.3 Å². The zero-order valence-corrected chi connectivity index (χ0v) is 60.2. The molecule has 0 aromatic heterocycles. The second-order valence-electron chi connectivity index (χ2n) is 19.3. The van der Waals surface area contributed by atoms with Gasteiger partial charge in [0.05, 0.1) is 62.3 Å². The van der Waals surface area contributed by atoms with Crippen LogP contribution in [-0.4, -0.2) is 116 Å². The van der Waals surface area contributed by atoms with Crippen LogP contribution >= 0.6 is 0 Å². The fourth-order valence-electron chi connectivity index (χ4n) is 10.5. The molecule has 4 aromatic carbocycles.